The molecule has 7 nitrogen and oxygen atoms in total. The summed E-state index contributed by atoms with van der Waals surface area (Å²) in [7, 11) is 1.74. The van der Waals surface area contributed by atoms with Crippen molar-refractivity contribution in [3.8, 4) is 0 Å². The summed E-state index contributed by atoms with van der Waals surface area (Å²) < 4.78 is 4.85. The van der Waals surface area contributed by atoms with E-state index < -0.39 is 4.92 Å². The van der Waals surface area contributed by atoms with Crippen LogP contribution in [0.5, 0.6) is 0 Å². The van der Waals surface area contributed by atoms with Gasteiger partial charge in [-0.25, -0.2) is 0 Å². The lowest BCUT2D eigenvalue weighted by atomic mass is 10.1. The standard InChI is InChI=1S/C13H19N3O4/c1-5-20-12(17)8-15(4)7-11-10(3)13(16(18)19)9(2)6-14-11/h6H,5,7-8H2,1-4H3. The van der Waals surface area contributed by atoms with Gasteiger partial charge in [0, 0.05) is 23.9 Å². The van der Waals surface area contributed by atoms with Crippen molar-refractivity contribution in [2.75, 3.05) is 20.2 Å². The highest BCUT2D eigenvalue weighted by molar-refractivity contribution is 5.71. The van der Waals surface area contributed by atoms with Crippen LogP contribution >= 0.6 is 0 Å². The van der Waals surface area contributed by atoms with Gasteiger partial charge < -0.3 is 4.74 Å². The molecular formula is C13H19N3O4. The molecule has 0 radical (unpaired) electrons. The number of ether oxygens (including phenoxy) is 1. The number of nitrogens with zero attached hydrogens (tertiary/aromatic N) is 3. The highest BCUT2D eigenvalue weighted by Crippen LogP contribution is 2.24. The summed E-state index contributed by atoms with van der Waals surface area (Å²) in [6.45, 7) is 5.88. The SMILES string of the molecule is CCOC(=O)CN(C)Cc1ncc(C)c([N+](=O)[O-])c1C. The Balaban J connectivity index is 2.85. The van der Waals surface area contributed by atoms with Crippen LogP contribution in [0.15, 0.2) is 6.20 Å². The molecule has 0 spiro atoms. The first-order valence-electron chi connectivity index (χ1n) is 6.30. The third-order valence-corrected chi connectivity index (χ3v) is 2.88. The quantitative estimate of drug-likeness (QED) is 0.447. The van der Waals surface area contributed by atoms with Crippen LogP contribution in [0.25, 0.3) is 0 Å². The van der Waals surface area contributed by atoms with Crippen LogP contribution in [0.2, 0.25) is 0 Å². The number of esters is 1. The van der Waals surface area contributed by atoms with Gasteiger partial charge in [-0.1, -0.05) is 0 Å². The van der Waals surface area contributed by atoms with Gasteiger partial charge in [-0.15, -0.1) is 0 Å². The molecule has 0 aliphatic rings. The van der Waals surface area contributed by atoms with E-state index in [4.69, 9.17) is 4.74 Å². The van der Waals surface area contributed by atoms with Crippen molar-refractivity contribution in [1.29, 1.82) is 0 Å². The van der Waals surface area contributed by atoms with Gasteiger partial charge in [0.05, 0.1) is 23.8 Å². The average Bonchev–Trinajstić information content (AvgIpc) is 2.32. The fourth-order valence-corrected chi connectivity index (χ4v) is 1.94. The Labute approximate surface area is 117 Å². The molecule has 0 amide bonds. The van der Waals surface area contributed by atoms with Gasteiger partial charge in [0.25, 0.3) is 5.69 Å². The summed E-state index contributed by atoms with van der Waals surface area (Å²) in [6, 6.07) is 0. The zero-order valence-electron chi connectivity index (χ0n) is 12.2. The first-order chi connectivity index (χ1) is 9.36. The number of likely N-dealkylation sites (N-methyl/N-ethyl adjacent to an activating group) is 1. The van der Waals surface area contributed by atoms with Crippen LogP contribution in [0, 0.1) is 24.0 Å². The van der Waals surface area contributed by atoms with Crippen molar-refractivity contribution in [3.05, 3.63) is 33.1 Å². The molecule has 0 bridgehead atoms. The summed E-state index contributed by atoms with van der Waals surface area (Å²) >= 11 is 0. The number of pyridine rings is 1. The second kappa shape index (κ2) is 6.95. The lowest BCUT2D eigenvalue weighted by molar-refractivity contribution is -0.386. The molecule has 1 rings (SSSR count). The molecular weight excluding hydrogens is 262 g/mol. The smallest absolute Gasteiger partial charge is 0.320 e. The number of rotatable bonds is 6. The van der Waals surface area contributed by atoms with E-state index >= 15 is 0 Å². The monoisotopic (exact) mass is 281 g/mol. The maximum atomic E-state index is 11.4. The minimum Gasteiger partial charge on any atom is -0.465 e. The van der Waals surface area contributed by atoms with Gasteiger partial charge in [0.1, 0.15) is 0 Å². The summed E-state index contributed by atoms with van der Waals surface area (Å²) in [5.41, 5.74) is 1.74. The second-order valence-corrected chi connectivity index (χ2v) is 4.60. The molecule has 1 aromatic heterocycles. The first-order valence-corrected chi connectivity index (χ1v) is 6.30. The number of carbonyl (C=O) groups is 1. The number of nitro groups is 1. The van der Waals surface area contributed by atoms with Gasteiger partial charge in [-0.2, -0.15) is 0 Å². The van der Waals surface area contributed by atoms with E-state index in [1.54, 1.807) is 32.7 Å². The van der Waals surface area contributed by atoms with Crippen molar-refractivity contribution in [2.24, 2.45) is 0 Å². The predicted molar refractivity (Wildman–Crippen MR) is 73.3 cm³/mol. The third-order valence-electron chi connectivity index (χ3n) is 2.88. The maximum Gasteiger partial charge on any atom is 0.320 e. The van der Waals surface area contributed by atoms with E-state index in [0.717, 1.165) is 0 Å². The molecule has 0 unspecified atom stereocenters. The molecule has 0 aromatic carbocycles. The number of carbonyl (C=O) groups excluding carboxylic acids is 1. The van der Waals surface area contributed by atoms with Crippen molar-refractivity contribution in [3.63, 3.8) is 0 Å². The van der Waals surface area contributed by atoms with E-state index in [9.17, 15) is 14.9 Å². The average molecular weight is 281 g/mol. The number of aromatic nitrogens is 1. The van der Waals surface area contributed by atoms with Crippen LogP contribution in [-0.4, -0.2) is 41.0 Å². The zero-order chi connectivity index (χ0) is 15.3. The topological polar surface area (TPSA) is 85.6 Å². The Morgan fingerprint density at radius 2 is 2.15 bits per heavy atom. The molecule has 0 aliphatic heterocycles. The largest absolute Gasteiger partial charge is 0.465 e. The number of hydrogen-bond donors (Lipinski definition) is 0. The van der Waals surface area contributed by atoms with Crippen LogP contribution in [0.1, 0.15) is 23.7 Å². The Bertz CT molecular complexity index is 517. The minimum absolute atomic E-state index is 0.0829. The van der Waals surface area contributed by atoms with Crippen LogP contribution in [-0.2, 0) is 16.1 Å². The van der Waals surface area contributed by atoms with Crippen molar-refractivity contribution < 1.29 is 14.5 Å². The summed E-state index contributed by atoms with van der Waals surface area (Å²) in [6.07, 6.45) is 1.48. The predicted octanol–water partition coefficient (Wildman–Crippen LogP) is 1.60. The minimum atomic E-state index is -0.402. The lowest BCUT2D eigenvalue weighted by Gasteiger charge is -2.16. The van der Waals surface area contributed by atoms with Crippen LogP contribution in [0.4, 0.5) is 5.69 Å². The van der Waals surface area contributed by atoms with Crippen molar-refractivity contribution in [1.82, 2.24) is 9.88 Å². The number of hydrogen-bond acceptors (Lipinski definition) is 6. The van der Waals surface area contributed by atoms with Crippen molar-refractivity contribution in [2.45, 2.75) is 27.3 Å². The first kappa shape index (κ1) is 16.0. The molecule has 0 N–H and O–H groups in total. The second-order valence-electron chi connectivity index (χ2n) is 4.60. The van der Waals surface area contributed by atoms with Crippen LogP contribution < -0.4 is 0 Å². The Kier molecular flexibility index (Phi) is 5.57. The van der Waals surface area contributed by atoms with Crippen molar-refractivity contribution >= 4 is 11.7 Å². The highest BCUT2D eigenvalue weighted by atomic mass is 16.6. The molecule has 7 heteroatoms. The van der Waals surface area contributed by atoms with E-state index in [-0.39, 0.29) is 18.2 Å². The Morgan fingerprint density at radius 1 is 1.50 bits per heavy atom. The Morgan fingerprint density at radius 3 is 2.70 bits per heavy atom. The van der Waals surface area contributed by atoms with Gasteiger partial charge in [0.15, 0.2) is 0 Å². The van der Waals surface area contributed by atoms with Gasteiger partial charge >= 0.3 is 5.97 Å². The molecule has 0 aliphatic carbocycles. The van der Waals surface area contributed by atoms with Crippen LogP contribution in [0.3, 0.4) is 0 Å². The molecule has 1 aromatic rings. The summed E-state index contributed by atoms with van der Waals surface area (Å²) in [5.74, 6) is -0.325. The Hall–Kier alpha value is -2.02. The van der Waals surface area contributed by atoms with Gasteiger partial charge in [0.2, 0.25) is 0 Å². The molecule has 0 atom stereocenters. The number of aryl methyl sites for hydroxylation is 1. The maximum absolute atomic E-state index is 11.4. The molecule has 110 valence electrons. The molecule has 20 heavy (non-hydrogen) atoms. The van der Waals surface area contributed by atoms with Gasteiger partial charge in [-0.05, 0) is 27.8 Å². The molecule has 0 saturated carbocycles. The summed E-state index contributed by atoms with van der Waals surface area (Å²) in [4.78, 5) is 27.9. The summed E-state index contributed by atoms with van der Waals surface area (Å²) in [5, 5.41) is 11.0. The normalized spacial score (nSPS) is 10.7. The van der Waals surface area contributed by atoms with E-state index in [0.29, 0.717) is 30.0 Å². The zero-order valence-corrected chi connectivity index (χ0v) is 12.2. The molecule has 0 saturated heterocycles. The molecule has 1 heterocycles. The van der Waals surface area contributed by atoms with Gasteiger partial charge in [-0.3, -0.25) is 24.8 Å². The molecule has 0 fully saturated rings. The third kappa shape index (κ3) is 3.99. The lowest BCUT2D eigenvalue weighted by Crippen LogP contribution is -2.27. The van der Waals surface area contributed by atoms with E-state index in [1.807, 2.05) is 0 Å². The fraction of sp³-hybridized carbons (Fsp3) is 0.538. The fourth-order valence-electron chi connectivity index (χ4n) is 1.94. The van der Waals surface area contributed by atoms with E-state index in [1.165, 1.54) is 6.20 Å². The van der Waals surface area contributed by atoms with E-state index in [2.05, 4.69) is 4.98 Å². The highest BCUT2D eigenvalue weighted by Gasteiger charge is 2.19.